The van der Waals surface area contributed by atoms with Crippen LogP contribution in [0.5, 0.6) is 11.5 Å². The summed E-state index contributed by atoms with van der Waals surface area (Å²) in [6, 6.07) is 11.9. The lowest BCUT2D eigenvalue weighted by molar-refractivity contribution is 0.0733. The molecule has 0 fully saturated rings. The minimum atomic E-state index is 0.0656. The monoisotopic (exact) mass is 405 g/mol. The molecule has 0 unspecified atom stereocenters. The molecule has 0 N–H and O–H groups in total. The Morgan fingerprint density at radius 1 is 1.07 bits per heavy atom. The molecule has 156 valence electrons. The minimum absolute atomic E-state index is 0.0656. The van der Waals surface area contributed by atoms with Crippen LogP contribution >= 0.6 is 0 Å². The van der Waals surface area contributed by atoms with Gasteiger partial charge in [0.05, 0.1) is 32.0 Å². The van der Waals surface area contributed by atoms with E-state index in [-0.39, 0.29) is 5.91 Å². The van der Waals surface area contributed by atoms with Gasteiger partial charge < -0.3 is 18.9 Å². The molecule has 2 aromatic heterocycles. The van der Waals surface area contributed by atoms with E-state index >= 15 is 0 Å². The largest absolute Gasteiger partial charge is 0.493 e. The van der Waals surface area contributed by atoms with Gasteiger partial charge in [0.15, 0.2) is 11.5 Å². The summed E-state index contributed by atoms with van der Waals surface area (Å²) in [6.45, 7) is 5.96. The molecular weight excluding hydrogens is 378 g/mol. The van der Waals surface area contributed by atoms with Crippen molar-refractivity contribution in [3.63, 3.8) is 0 Å². The van der Waals surface area contributed by atoms with E-state index in [9.17, 15) is 4.79 Å². The molecule has 0 spiro atoms. The zero-order valence-electron chi connectivity index (χ0n) is 17.9. The summed E-state index contributed by atoms with van der Waals surface area (Å²) in [6.07, 6.45) is 2.60. The number of nitrogens with zero attached hydrogens (tertiary/aromatic N) is 3. The van der Waals surface area contributed by atoms with E-state index in [1.807, 2.05) is 55.1 Å². The molecule has 3 heterocycles. The average molecular weight is 405 g/mol. The summed E-state index contributed by atoms with van der Waals surface area (Å²) < 4.78 is 13.0. The normalized spacial score (nSPS) is 13.1. The standard InChI is InChI=1S/C24H27N3O3/c1-16-11-21(17(2)27(16)15-20-7-5-6-9-25-20)24(28)26-10-8-18-12-22(29-3)23(30-4)13-19(18)14-26/h5-7,9,11-13H,8,10,14-15H2,1-4H3. The van der Waals surface area contributed by atoms with Gasteiger partial charge in [-0.05, 0) is 61.7 Å². The summed E-state index contributed by atoms with van der Waals surface area (Å²) in [5.74, 6) is 1.49. The summed E-state index contributed by atoms with van der Waals surface area (Å²) in [7, 11) is 3.27. The molecule has 6 nitrogen and oxygen atoms in total. The van der Waals surface area contributed by atoms with Gasteiger partial charge in [-0.3, -0.25) is 9.78 Å². The smallest absolute Gasteiger partial charge is 0.255 e. The highest BCUT2D eigenvalue weighted by Gasteiger charge is 2.26. The van der Waals surface area contributed by atoms with Gasteiger partial charge in [-0.25, -0.2) is 0 Å². The van der Waals surface area contributed by atoms with Crippen LogP contribution in [-0.2, 0) is 19.5 Å². The van der Waals surface area contributed by atoms with Crippen molar-refractivity contribution in [1.82, 2.24) is 14.5 Å². The van der Waals surface area contributed by atoms with E-state index in [0.717, 1.165) is 40.4 Å². The van der Waals surface area contributed by atoms with Crippen LogP contribution in [0.2, 0.25) is 0 Å². The minimum Gasteiger partial charge on any atom is -0.493 e. The number of aromatic nitrogens is 2. The predicted molar refractivity (Wildman–Crippen MR) is 115 cm³/mol. The quantitative estimate of drug-likeness (QED) is 0.649. The third kappa shape index (κ3) is 3.65. The summed E-state index contributed by atoms with van der Waals surface area (Å²) >= 11 is 0. The molecule has 0 saturated carbocycles. The number of fused-ring (bicyclic) bond motifs is 1. The topological polar surface area (TPSA) is 56.6 Å². The van der Waals surface area contributed by atoms with Crippen molar-refractivity contribution >= 4 is 5.91 Å². The Balaban J connectivity index is 1.58. The number of pyridine rings is 1. The maximum Gasteiger partial charge on any atom is 0.255 e. The fourth-order valence-corrected chi connectivity index (χ4v) is 4.14. The van der Waals surface area contributed by atoms with Gasteiger partial charge in [-0.15, -0.1) is 0 Å². The molecule has 0 radical (unpaired) electrons. The van der Waals surface area contributed by atoms with Gasteiger partial charge in [0.25, 0.3) is 5.91 Å². The number of methoxy groups -OCH3 is 2. The van der Waals surface area contributed by atoms with E-state index in [4.69, 9.17) is 9.47 Å². The van der Waals surface area contributed by atoms with Crippen LogP contribution in [0.15, 0.2) is 42.6 Å². The number of hydrogen-bond acceptors (Lipinski definition) is 4. The molecule has 1 amide bonds. The highest BCUT2D eigenvalue weighted by molar-refractivity contribution is 5.96. The second-order valence-electron chi connectivity index (χ2n) is 7.64. The lowest BCUT2D eigenvalue weighted by Gasteiger charge is -2.29. The number of rotatable bonds is 5. The molecule has 1 aromatic carbocycles. The molecule has 6 heteroatoms. The predicted octanol–water partition coefficient (Wildman–Crippen LogP) is 3.76. The van der Waals surface area contributed by atoms with Gasteiger partial charge in [0.1, 0.15) is 0 Å². The van der Waals surface area contributed by atoms with Crippen LogP contribution in [0.1, 0.15) is 38.6 Å². The number of ether oxygens (including phenoxy) is 2. The van der Waals surface area contributed by atoms with Crippen LogP contribution in [-0.4, -0.2) is 41.1 Å². The van der Waals surface area contributed by atoms with Crippen LogP contribution in [0.3, 0.4) is 0 Å². The highest BCUT2D eigenvalue weighted by atomic mass is 16.5. The van der Waals surface area contributed by atoms with Crippen molar-refractivity contribution in [2.45, 2.75) is 33.4 Å². The molecule has 0 aliphatic carbocycles. The number of carbonyl (C=O) groups is 1. The highest BCUT2D eigenvalue weighted by Crippen LogP contribution is 2.33. The van der Waals surface area contributed by atoms with Crippen LogP contribution in [0, 0.1) is 13.8 Å². The molecule has 30 heavy (non-hydrogen) atoms. The third-order valence-electron chi connectivity index (χ3n) is 5.86. The zero-order valence-corrected chi connectivity index (χ0v) is 17.9. The number of aryl methyl sites for hydroxylation is 1. The lowest BCUT2D eigenvalue weighted by Crippen LogP contribution is -2.36. The molecule has 0 saturated heterocycles. The van der Waals surface area contributed by atoms with Crippen LogP contribution in [0.4, 0.5) is 0 Å². The van der Waals surface area contributed by atoms with Crippen molar-refractivity contribution in [2.24, 2.45) is 0 Å². The Morgan fingerprint density at radius 2 is 1.80 bits per heavy atom. The maximum absolute atomic E-state index is 13.4. The summed E-state index contributed by atoms with van der Waals surface area (Å²) in [5.41, 5.74) is 6.08. The molecule has 1 aliphatic heterocycles. The first-order valence-corrected chi connectivity index (χ1v) is 10.1. The first-order valence-electron chi connectivity index (χ1n) is 10.1. The van der Waals surface area contributed by atoms with E-state index in [0.29, 0.717) is 25.4 Å². The van der Waals surface area contributed by atoms with Gasteiger partial charge in [-0.1, -0.05) is 6.07 Å². The number of carbonyl (C=O) groups excluding carboxylic acids is 1. The van der Waals surface area contributed by atoms with Gasteiger partial charge in [-0.2, -0.15) is 0 Å². The van der Waals surface area contributed by atoms with Crippen LogP contribution < -0.4 is 9.47 Å². The van der Waals surface area contributed by atoms with E-state index in [2.05, 4.69) is 9.55 Å². The third-order valence-corrected chi connectivity index (χ3v) is 5.86. The number of hydrogen-bond donors (Lipinski definition) is 0. The Hall–Kier alpha value is -3.28. The maximum atomic E-state index is 13.4. The van der Waals surface area contributed by atoms with Crippen molar-refractivity contribution in [2.75, 3.05) is 20.8 Å². The fraction of sp³-hybridized carbons (Fsp3) is 0.333. The van der Waals surface area contributed by atoms with Crippen molar-refractivity contribution in [1.29, 1.82) is 0 Å². The van der Waals surface area contributed by atoms with E-state index < -0.39 is 0 Å². The molecule has 4 rings (SSSR count). The average Bonchev–Trinajstić information content (AvgIpc) is 3.06. The second kappa shape index (κ2) is 8.22. The Bertz CT molecular complexity index is 1070. The van der Waals surface area contributed by atoms with E-state index in [1.54, 1.807) is 20.4 Å². The first kappa shape index (κ1) is 20.0. The Morgan fingerprint density at radius 3 is 2.47 bits per heavy atom. The van der Waals surface area contributed by atoms with Crippen LogP contribution in [0.25, 0.3) is 0 Å². The van der Waals surface area contributed by atoms with Crippen molar-refractivity contribution in [3.8, 4) is 11.5 Å². The van der Waals surface area contributed by atoms with Gasteiger partial charge >= 0.3 is 0 Å². The fourth-order valence-electron chi connectivity index (χ4n) is 4.14. The second-order valence-corrected chi connectivity index (χ2v) is 7.64. The molecule has 1 aliphatic rings. The van der Waals surface area contributed by atoms with E-state index in [1.165, 1.54) is 5.56 Å². The molecule has 0 atom stereocenters. The molecular formula is C24H27N3O3. The number of benzene rings is 1. The molecule has 3 aromatic rings. The SMILES string of the molecule is COc1cc2c(cc1OC)CN(C(=O)c1cc(C)n(Cc3ccccn3)c1C)CC2. The Labute approximate surface area is 177 Å². The van der Waals surface area contributed by atoms with Crippen molar-refractivity contribution in [3.05, 3.63) is 76.4 Å². The number of amides is 1. The lowest BCUT2D eigenvalue weighted by atomic mass is 9.98. The molecule has 0 bridgehead atoms. The summed E-state index contributed by atoms with van der Waals surface area (Å²) in [4.78, 5) is 19.7. The van der Waals surface area contributed by atoms with Crippen molar-refractivity contribution < 1.29 is 14.3 Å². The zero-order chi connectivity index (χ0) is 21.3. The van der Waals surface area contributed by atoms with Gasteiger partial charge in [0.2, 0.25) is 0 Å². The Kier molecular flexibility index (Phi) is 5.48. The summed E-state index contributed by atoms with van der Waals surface area (Å²) in [5, 5.41) is 0. The van der Waals surface area contributed by atoms with Gasteiger partial charge in [0, 0.05) is 30.7 Å². The first-order chi connectivity index (χ1) is 14.5.